The van der Waals surface area contributed by atoms with Crippen molar-refractivity contribution in [3.63, 3.8) is 0 Å². The average molecular weight is 544 g/mol. The summed E-state index contributed by atoms with van der Waals surface area (Å²) in [4.78, 5) is 24.4. The summed E-state index contributed by atoms with van der Waals surface area (Å²) in [6.07, 6.45) is -0.0976. The van der Waals surface area contributed by atoms with E-state index < -0.39 is 27.3 Å². The van der Waals surface area contributed by atoms with Crippen molar-refractivity contribution in [3.8, 4) is 10.6 Å². The second-order valence-corrected chi connectivity index (χ2v) is 13.1. The Kier molecular flexibility index (Phi) is 6.11. The van der Waals surface area contributed by atoms with Crippen LogP contribution in [0.3, 0.4) is 0 Å². The molecule has 5 rings (SSSR count). The maximum absolute atomic E-state index is 13.9. The molecule has 13 heteroatoms. The fraction of sp³-hybridized carbons (Fsp3) is 0.609. The third kappa shape index (κ3) is 4.08. The van der Waals surface area contributed by atoms with Crippen LogP contribution in [-0.4, -0.2) is 65.4 Å². The second-order valence-electron chi connectivity index (χ2n) is 10.0. The van der Waals surface area contributed by atoms with Crippen molar-refractivity contribution < 1.29 is 26.4 Å². The Balaban J connectivity index is 1.49. The van der Waals surface area contributed by atoms with E-state index in [1.54, 1.807) is 6.07 Å². The van der Waals surface area contributed by atoms with E-state index in [1.165, 1.54) is 15.6 Å². The van der Waals surface area contributed by atoms with Gasteiger partial charge >= 0.3 is 6.18 Å². The first-order valence-corrected chi connectivity index (χ1v) is 14.6. The molecule has 1 atom stereocenters. The molecule has 5 heterocycles. The minimum absolute atomic E-state index is 0.0526. The number of sulfonamides is 1. The summed E-state index contributed by atoms with van der Waals surface area (Å²) >= 11 is 1.22. The summed E-state index contributed by atoms with van der Waals surface area (Å²) in [6.45, 7) is 5.38. The van der Waals surface area contributed by atoms with Crippen molar-refractivity contribution >= 4 is 33.2 Å². The Hall–Kier alpha value is -2.25. The largest absolute Gasteiger partial charge is 0.420 e. The first-order valence-electron chi connectivity index (χ1n) is 11.9. The molecule has 1 amide bonds. The smallest absolute Gasteiger partial charge is 0.351 e. The number of carbonyl (C=O) groups is 1. The second kappa shape index (κ2) is 8.66. The highest BCUT2D eigenvalue weighted by atomic mass is 32.2. The Morgan fingerprint density at radius 1 is 1.22 bits per heavy atom. The number of nitrogens with one attached hydrogen (secondary N) is 1. The van der Waals surface area contributed by atoms with E-state index in [1.807, 2.05) is 18.7 Å². The van der Waals surface area contributed by atoms with Gasteiger partial charge in [-0.3, -0.25) is 4.79 Å². The van der Waals surface area contributed by atoms with Crippen LogP contribution in [0.4, 0.5) is 19.1 Å². The lowest BCUT2D eigenvalue weighted by atomic mass is 9.83. The highest BCUT2D eigenvalue weighted by molar-refractivity contribution is 7.88. The Morgan fingerprint density at radius 3 is 2.53 bits per heavy atom. The molecule has 196 valence electrons. The zero-order valence-corrected chi connectivity index (χ0v) is 21.9. The third-order valence-corrected chi connectivity index (χ3v) is 10.2. The van der Waals surface area contributed by atoms with Gasteiger partial charge in [-0.2, -0.15) is 13.2 Å². The van der Waals surface area contributed by atoms with Gasteiger partial charge in [0, 0.05) is 36.8 Å². The molecule has 0 aromatic carbocycles. The van der Waals surface area contributed by atoms with Crippen LogP contribution in [0.1, 0.15) is 60.3 Å². The number of hydrogen-bond donors (Lipinski definition) is 1. The summed E-state index contributed by atoms with van der Waals surface area (Å²) < 4.78 is 66.7. The molecule has 2 saturated heterocycles. The standard InChI is InChI=1S/C23H28F3N5O3S2/c1-13(2)22-7-4-8-31(22)20(32)15-11-17(35-19(15)22)18-16(23(24,25)26)12-27-21(29-18)28-14-5-9-30(10-6-14)36(3,33)34/h11-14H,4-10H2,1-3H3,(H,27,28,29)/t22-/m0/s1. The summed E-state index contributed by atoms with van der Waals surface area (Å²) in [5.41, 5.74) is -1.20. The molecule has 36 heavy (non-hydrogen) atoms. The van der Waals surface area contributed by atoms with Gasteiger partial charge in [-0.1, -0.05) is 13.8 Å². The summed E-state index contributed by atoms with van der Waals surface area (Å²) in [5.74, 6) is 0.0493. The minimum Gasteiger partial charge on any atom is -0.351 e. The van der Waals surface area contributed by atoms with Crippen molar-refractivity contribution in [3.05, 3.63) is 28.3 Å². The summed E-state index contributed by atoms with van der Waals surface area (Å²) in [5, 5.41) is 3.08. The highest BCUT2D eigenvalue weighted by Crippen LogP contribution is 2.55. The maximum atomic E-state index is 13.9. The summed E-state index contributed by atoms with van der Waals surface area (Å²) in [7, 11) is -3.29. The minimum atomic E-state index is -4.66. The molecule has 8 nitrogen and oxygen atoms in total. The SMILES string of the molecule is CC(C)[C@]12CCCN1C(=O)c1cc(-c3nc(NC4CCN(S(C)(=O)=O)CC4)ncc3C(F)(F)F)sc12. The van der Waals surface area contributed by atoms with Gasteiger partial charge in [-0.15, -0.1) is 11.3 Å². The van der Waals surface area contributed by atoms with Gasteiger partial charge in [0.1, 0.15) is 5.56 Å². The molecular formula is C23H28F3N5O3S2. The van der Waals surface area contributed by atoms with Gasteiger partial charge in [0.15, 0.2) is 0 Å². The van der Waals surface area contributed by atoms with E-state index in [9.17, 15) is 26.4 Å². The number of rotatable bonds is 5. The Morgan fingerprint density at radius 2 is 1.92 bits per heavy atom. The van der Waals surface area contributed by atoms with E-state index >= 15 is 0 Å². The number of piperidine rings is 1. The van der Waals surface area contributed by atoms with Crippen LogP contribution in [0.5, 0.6) is 0 Å². The number of fused-ring (bicyclic) bond motifs is 3. The summed E-state index contributed by atoms with van der Waals surface area (Å²) in [6, 6.07) is 1.38. The number of hydrogen-bond acceptors (Lipinski definition) is 7. The monoisotopic (exact) mass is 543 g/mol. The number of anilines is 1. The first kappa shape index (κ1) is 25.4. The molecular weight excluding hydrogens is 515 g/mol. The highest BCUT2D eigenvalue weighted by Gasteiger charge is 2.55. The van der Waals surface area contributed by atoms with E-state index in [4.69, 9.17) is 0 Å². The van der Waals surface area contributed by atoms with Crippen LogP contribution in [0.15, 0.2) is 12.3 Å². The fourth-order valence-corrected chi connectivity index (χ4v) is 8.12. The molecule has 3 aliphatic heterocycles. The Labute approximate surface area is 212 Å². The van der Waals surface area contributed by atoms with Gasteiger partial charge < -0.3 is 10.2 Å². The lowest BCUT2D eigenvalue weighted by Crippen LogP contribution is -2.42. The maximum Gasteiger partial charge on any atom is 0.420 e. The van der Waals surface area contributed by atoms with E-state index in [0.29, 0.717) is 42.9 Å². The molecule has 2 aromatic heterocycles. The van der Waals surface area contributed by atoms with Crippen molar-refractivity contribution in [1.29, 1.82) is 0 Å². The van der Waals surface area contributed by atoms with Crippen LogP contribution in [0, 0.1) is 5.92 Å². The van der Waals surface area contributed by atoms with Gasteiger partial charge in [0.25, 0.3) is 5.91 Å². The quantitative estimate of drug-likeness (QED) is 0.609. The number of thiophene rings is 1. The number of nitrogens with zero attached hydrogens (tertiary/aromatic N) is 4. The topological polar surface area (TPSA) is 95.5 Å². The molecule has 2 aromatic rings. The number of aromatic nitrogens is 2. The van der Waals surface area contributed by atoms with Crippen LogP contribution < -0.4 is 5.32 Å². The van der Waals surface area contributed by atoms with E-state index in [-0.39, 0.29) is 29.5 Å². The fourth-order valence-electron chi connectivity index (χ4n) is 5.72. The predicted octanol–water partition coefficient (Wildman–Crippen LogP) is 4.16. The zero-order valence-electron chi connectivity index (χ0n) is 20.2. The van der Waals surface area contributed by atoms with Crippen molar-refractivity contribution in [2.45, 2.75) is 57.3 Å². The average Bonchev–Trinajstić information content (AvgIpc) is 3.47. The van der Waals surface area contributed by atoms with Crippen LogP contribution in [0.25, 0.3) is 10.6 Å². The van der Waals surface area contributed by atoms with Crippen LogP contribution >= 0.6 is 11.3 Å². The van der Waals surface area contributed by atoms with Crippen molar-refractivity contribution in [2.24, 2.45) is 5.92 Å². The zero-order chi connectivity index (χ0) is 26.0. The lowest BCUT2D eigenvalue weighted by molar-refractivity contribution is -0.137. The number of amides is 1. The normalized spacial score (nSPS) is 23.4. The lowest BCUT2D eigenvalue weighted by Gasteiger charge is -2.36. The number of halogens is 3. The molecule has 3 aliphatic rings. The van der Waals surface area contributed by atoms with Crippen LogP contribution in [0.2, 0.25) is 0 Å². The van der Waals surface area contributed by atoms with Crippen molar-refractivity contribution in [1.82, 2.24) is 19.2 Å². The number of carbonyl (C=O) groups excluding carboxylic acids is 1. The third-order valence-electron chi connectivity index (χ3n) is 7.56. The van der Waals surface area contributed by atoms with Gasteiger partial charge in [-0.25, -0.2) is 22.7 Å². The first-order chi connectivity index (χ1) is 16.8. The molecule has 0 radical (unpaired) electrons. The molecule has 0 unspecified atom stereocenters. The molecule has 2 fully saturated rings. The van der Waals surface area contributed by atoms with E-state index in [2.05, 4.69) is 15.3 Å². The molecule has 0 spiro atoms. The van der Waals surface area contributed by atoms with Gasteiger partial charge in [0.2, 0.25) is 16.0 Å². The Bertz CT molecular complexity index is 1300. The molecule has 1 N–H and O–H groups in total. The molecule has 0 aliphatic carbocycles. The molecule has 0 bridgehead atoms. The van der Waals surface area contributed by atoms with Gasteiger partial charge in [0.05, 0.1) is 27.9 Å². The predicted molar refractivity (Wildman–Crippen MR) is 130 cm³/mol. The number of alkyl halides is 3. The van der Waals surface area contributed by atoms with Gasteiger partial charge in [-0.05, 0) is 37.7 Å². The molecule has 0 saturated carbocycles. The van der Waals surface area contributed by atoms with E-state index in [0.717, 1.165) is 30.2 Å². The van der Waals surface area contributed by atoms with Crippen LogP contribution in [-0.2, 0) is 21.7 Å². The van der Waals surface area contributed by atoms with Crippen molar-refractivity contribution in [2.75, 3.05) is 31.2 Å².